The lowest BCUT2D eigenvalue weighted by atomic mass is 10.2. The number of aryl methyl sites for hydroxylation is 1. The van der Waals surface area contributed by atoms with Gasteiger partial charge in [-0.05, 0) is 31.9 Å². The van der Waals surface area contributed by atoms with E-state index >= 15 is 0 Å². The number of nitrogens with zero attached hydrogens (tertiary/aromatic N) is 3. The molecule has 0 spiro atoms. The number of amides is 1. The fourth-order valence-corrected chi connectivity index (χ4v) is 4.21. The molecule has 0 unspecified atom stereocenters. The number of aromatic nitrogens is 3. The molecule has 2 N–H and O–H groups in total. The number of morpholine rings is 1. The van der Waals surface area contributed by atoms with Gasteiger partial charge in [-0.3, -0.25) is 4.79 Å². The molecule has 1 saturated carbocycles. The van der Waals surface area contributed by atoms with Gasteiger partial charge >= 0.3 is 0 Å². The topological polar surface area (TPSA) is 73.5 Å². The monoisotopic (exact) mass is 388 g/mol. The number of rotatable bonds is 7. The summed E-state index contributed by atoms with van der Waals surface area (Å²) in [5.74, 6) is 1.25. The number of nitrogens with one attached hydrogen (secondary N) is 2. The summed E-state index contributed by atoms with van der Waals surface area (Å²) in [7, 11) is 0. The zero-order chi connectivity index (χ0) is 18.6. The van der Waals surface area contributed by atoms with Gasteiger partial charge in [0.1, 0.15) is 25.5 Å². The average molecular weight is 389 g/mol. The first-order chi connectivity index (χ1) is 13.2. The maximum absolute atomic E-state index is 12.3. The average Bonchev–Trinajstić information content (AvgIpc) is 3.45. The van der Waals surface area contributed by atoms with Crippen LogP contribution in [0.25, 0.3) is 0 Å². The van der Waals surface area contributed by atoms with Crippen LogP contribution in [0.3, 0.4) is 0 Å². The fourth-order valence-electron chi connectivity index (χ4n) is 3.36. The van der Waals surface area contributed by atoms with Crippen molar-refractivity contribution in [2.75, 3.05) is 37.4 Å². The van der Waals surface area contributed by atoms with E-state index in [2.05, 4.69) is 32.2 Å². The van der Waals surface area contributed by atoms with E-state index in [1.807, 2.05) is 19.1 Å². The maximum Gasteiger partial charge on any atom is 0.234 e. The highest BCUT2D eigenvalue weighted by molar-refractivity contribution is 7.99. The molecule has 1 aliphatic heterocycles. The molecule has 2 heterocycles. The van der Waals surface area contributed by atoms with Crippen molar-refractivity contribution in [3.05, 3.63) is 35.7 Å². The van der Waals surface area contributed by atoms with Crippen molar-refractivity contribution in [1.29, 1.82) is 0 Å². The molecule has 144 valence electrons. The molecule has 7 nitrogen and oxygen atoms in total. The van der Waals surface area contributed by atoms with Crippen LogP contribution in [-0.2, 0) is 16.1 Å². The van der Waals surface area contributed by atoms with E-state index in [-0.39, 0.29) is 5.91 Å². The van der Waals surface area contributed by atoms with E-state index in [4.69, 9.17) is 4.74 Å². The minimum atomic E-state index is -0.0189. The van der Waals surface area contributed by atoms with Gasteiger partial charge in [-0.15, -0.1) is 10.2 Å². The molecule has 2 aromatic rings. The highest BCUT2D eigenvalue weighted by atomic mass is 32.2. The summed E-state index contributed by atoms with van der Waals surface area (Å²) < 4.78 is 7.55. The van der Waals surface area contributed by atoms with Gasteiger partial charge in [0.25, 0.3) is 0 Å². The Kier molecular flexibility index (Phi) is 5.75. The normalized spacial score (nSPS) is 17.8. The first-order valence-electron chi connectivity index (χ1n) is 9.53. The molecule has 27 heavy (non-hydrogen) atoms. The fraction of sp³-hybridized carbons (Fsp3) is 0.526. The van der Waals surface area contributed by atoms with E-state index in [1.54, 1.807) is 4.90 Å². The maximum atomic E-state index is 12.3. The molecule has 1 saturated heterocycles. The predicted octanol–water partition coefficient (Wildman–Crippen LogP) is 1.07. The molecule has 2 fully saturated rings. The zero-order valence-electron chi connectivity index (χ0n) is 15.6. The Morgan fingerprint density at radius 2 is 2.00 bits per heavy atom. The summed E-state index contributed by atoms with van der Waals surface area (Å²) in [4.78, 5) is 13.8. The van der Waals surface area contributed by atoms with Crippen LogP contribution in [0.1, 0.15) is 30.3 Å². The van der Waals surface area contributed by atoms with E-state index < -0.39 is 0 Å². The van der Waals surface area contributed by atoms with E-state index in [0.717, 1.165) is 49.5 Å². The second-order valence-corrected chi connectivity index (χ2v) is 8.15. The van der Waals surface area contributed by atoms with Crippen LogP contribution in [0.15, 0.2) is 29.4 Å². The van der Waals surface area contributed by atoms with Crippen LogP contribution >= 0.6 is 11.8 Å². The first kappa shape index (κ1) is 18.5. The minimum Gasteiger partial charge on any atom is -0.370 e. The number of hydrogen-bond donors (Lipinski definition) is 2. The van der Waals surface area contributed by atoms with Gasteiger partial charge in [-0.25, -0.2) is 0 Å². The Morgan fingerprint density at radius 1 is 1.26 bits per heavy atom. The lowest BCUT2D eigenvalue weighted by Crippen LogP contribution is -3.12. The SMILES string of the molecule is Cc1nnc(SCC(=O)Nc2ccc(C[NH+]3CCOCC3)cc2)n1C1CC1. The van der Waals surface area contributed by atoms with Crippen molar-refractivity contribution >= 4 is 23.4 Å². The smallest absolute Gasteiger partial charge is 0.234 e. The molecular formula is C19H26N5O2S+. The van der Waals surface area contributed by atoms with Gasteiger partial charge in [-0.1, -0.05) is 23.9 Å². The van der Waals surface area contributed by atoms with Crippen molar-refractivity contribution < 1.29 is 14.4 Å². The summed E-state index contributed by atoms with van der Waals surface area (Å²) in [6, 6.07) is 8.67. The molecule has 2 aliphatic rings. The second-order valence-electron chi connectivity index (χ2n) is 7.20. The van der Waals surface area contributed by atoms with Gasteiger partial charge in [0.15, 0.2) is 5.16 Å². The third-order valence-electron chi connectivity index (χ3n) is 4.97. The number of benzene rings is 1. The number of carbonyl (C=O) groups excluding carboxylic acids is 1. The molecule has 1 amide bonds. The molecular weight excluding hydrogens is 362 g/mol. The molecule has 1 aliphatic carbocycles. The van der Waals surface area contributed by atoms with E-state index in [0.29, 0.717) is 11.8 Å². The standard InChI is InChI=1S/C19H25N5O2S/c1-14-21-22-19(24(14)17-6-7-17)27-13-18(25)20-16-4-2-15(3-5-16)12-23-8-10-26-11-9-23/h2-5,17H,6-13H2,1H3,(H,20,25)/p+1. The van der Waals surface area contributed by atoms with Crippen molar-refractivity contribution in [3.8, 4) is 0 Å². The molecule has 4 rings (SSSR count). The Labute approximate surface area is 163 Å². The van der Waals surface area contributed by atoms with Gasteiger partial charge < -0.3 is 19.5 Å². The Balaban J connectivity index is 1.27. The number of carbonyl (C=O) groups is 1. The van der Waals surface area contributed by atoms with Crippen molar-refractivity contribution in [2.24, 2.45) is 0 Å². The number of thioether (sulfide) groups is 1. The lowest BCUT2D eigenvalue weighted by molar-refractivity contribution is -0.921. The van der Waals surface area contributed by atoms with Crippen molar-refractivity contribution in [1.82, 2.24) is 14.8 Å². The highest BCUT2D eigenvalue weighted by Crippen LogP contribution is 2.38. The largest absolute Gasteiger partial charge is 0.370 e. The minimum absolute atomic E-state index is 0.0189. The quantitative estimate of drug-likeness (QED) is 0.694. The number of anilines is 1. The molecule has 0 bridgehead atoms. The van der Waals surface area contributed by atoms with Crippen molar-refractivity contribution in [2.45, 2.75) is 37.5 Å². The number of quaternary nitrogens is 1. The predicted molar refractivity (Wildman–Crippen MR) is 104 cm³/mol. The van der Waals surface area contributed by atoms with E-state index in [9.17, 15) is 4.79 Å². The van der Waals surface area contributed by atoms with Crippen LogP contribution in [0.5, 0.6) is 0 Å². The Hall–Kier alpha value is -1.90. The van der Waals surface area contributed by atoms with Crippen LogP contribution in [0.2, 0.25) is 0 Å². The van der Waals surface area contributed by atoms with Gasteiger partial charge in [0.2, 0.25) is 5.91 Å². The molecule has 0 atom stereocenters. The molecule has 8 heteroatoms. The van der Waals surface area contributed by atoms with Gasteiger partial charge in [0.05, 0.1) is 19.0 Å². The Morgan fingerprint density at radius 3 is 2.70 bits per heavy atom. The van der Waals surface area contributed by atoms with Crippen LogP contribution < -0.4 is 10.2 Å². The second kappa shape index (κ2) is 8.41. The summed E-state index contributed by atoms with van der Waals surface area (Å²) >= 11 is 1.45. The van der Waals surface area contributed by atoms with Gasteiger partial charge in [-0.2, -0.15) is 0 Å². The number of hydrogen-bond acceptors (Lipinski definition) is 5. The summed E-state index contributed by atoms with van der Waals surface area (Å²) in [5.41, 5.74) is 2.12. The van der Waals surface area contributed by atoms with E-state index in [1.165, 1.54) is 30.2 Å². The molecule has 0 radical (unpaired) electrons. The first-order valence-corrected chi connectivity index (χ1v) is 10.5. The highest BCUT2D eigenvalue weighted by Gasteiger charge is 2.28. The van der Waals surface area contributed by atoms with Crippen LogP contribution in [-0.4, -0.2) is 52.7 Å². The van der Waals surface area contributed by atoms with Crippen LogP contribution in [0, 0.1) is 6.92 Å². The van der Waals surface area contributed by atoms with Gasteiger partial charge in [0, 0.05) is 17.3 Å². The molecule has 1 aromatic carbocycles. The third kappa shape index (κ3) is 4.88. The zero-order valence-corrected chi connectivity index (χ0v) is 16.4. The van der Waals surface area contributed by atoms with Crippen molar-refractivity contribution in [3.63, 3.8) is 0 Å². The van der Waals surface area contributed by atoms with Crippen LogP contribution in [0.4, 0.5) is 5.69 Å². The summed E-state index contributed by atoms with van der Waals surface area (Å²) in [6.07, 6.45) is 2.36. The Bertz CT molecular complexity index is 782. The summed E-state index contributed by atoms with van der Waals surface area (Å²) in [5, 5.41) is 12.2. The third-order valence-corrected chi connectivity index (χ3v) is 5.91. The summed E-state index contributed by atoms with van der Waals surface area (Å²) in [6.45, 7) is 6.77. The lowest BCUT2D eigenvalue weighted by Gasteiger charge is -2.23. The molecule has 1 aromatic heterocycles. The number of ether oxygens (including phenoxy) is 1.